The first-order valence-corrected chi connectivity index (χ1v) is 9.41. The molecule has 1 aromatic heterocycles. The number of amides is 1. The van der Waals surface area contributed by atoms with E-state index in [0.717, 1.165) is 52.0 Å². The standard InChI is InChI=1S/C18H29N5O2/c24-14-16-3-1-2-9-22(16)12-8-20-15-4-10-23(11-5-15)18(25)17-13-19-6-7-21-17/h6-7,13,15-16,20,24H,1-5,8-12,14H2. The van der Waals surface area contributed by atoms with Gasteiger partial charge in [0.25, 0.3) is 5.91 Å². The van der Waals surface area contributed by atoms with Crippen molar-refractivity contribution in [2.24, 2.45) is 0 Å². The third-order valence-corrected chi connectivity index (χ3v) is 5.36. The maximum atomic E-state index is 12.4. The van der Waals surface area contributed by atoms with Gasteiger partial charge in [0, 0.05) is 50.7 Å². The van der Waals surface area contributed by atoms with E-state index in [4.69, 9.17) is 0 Å². The number of rotatable bonds is 6. The topological polar surface area (TPSA) is 81.6 Å². The fourth-order valence-electron chi connectivity index (χ4n) is 3.83. The molecule has 0 aromatic carbocycles. The minimum absolute atomic E-state index is 0.0225. The maximum absolute atomic E-state index is 12.4. The molecule has 25 heavy (non-hydrogen) atoms. The Kier molecular flexibility index (Phi) is 6.72. The molecule has 1 amide bonds. The smallest absolute Gasteiger partial charge is 0.274 e. The molecule has 1 unspecified atom stereocenters. The number of nitrogens with zero attached hydrogens (tertiary/aromatic N) is 4. The lowest BCUT2D eigenvalue weighted by Crippen LogP contribution is -2.49. The second kappa shape index (κ2) is 9.22. The molecule has 7 heteroatoms. The first-order chi connectivity index (χ1) is 12.3. The number of nitrogens with one attached hydrogen (secondary N) is 1. The van der Waals surface area contributed by atoms with Crippen LogP contribution in [0.2, 0.25) is 0 Å². The summed E-state index contributed by atoms with van der Waals surface area (Å²) in [5, 5.41) is 13.1. The second-order valence-corrected chi connectivity index (χ2v) is 6.98. The highest BCUT2D eigenvalue weighted by atomic mass is 16.3. The molecule has 0 spiro atoms. The average Bonchev–Trinajstić information content (AvgIpc) is 2.69. The number of aliphatic hydroxyl groups excluding tert-OH is 1. The zero-order valence-electron chi connectivity index (χ0n) is 14.8. The van der Waals surface area contributed by atoms with Crippen LogP contribution in [-0.2, 0) is 0 Å². The number of carbonyl (C=O) groups excluding carboxylic acids is 1. The van der Waals surface area contributed by atoms with Gasteiger partial charge in [0.15, 0.2) is 0 Å². The molecular weight excluding hydrogens is 318 g/mol. The van der Waals surface area contributed by atoms with Gasteiger partial charge in [0.1, 0.15) is 5.69 Å². The Balaban J connectivity index is 1.37. The summed E-state index contributed by atoms with van der Waals surface area (Å²) in [5.74, 6) is -0.0225. The normalized spacial score (nSPS) is 22.9. The van der Waals surface area contributed by atoms with Crippen molar-refractivity contribution in [3.63, 3.8) is 0 Å². The molecular formula is C18H29N5O2. The van der Waals surface area contributed by atoms with Crippen molar-refractivity contribution < 1.29 is 9.90 Å². The molecule has 2 saturated heterocycles. The van der Waals surface area contributed by atoms with E-state index in [1.165, 1.54) is 19.0 Å². The first-order valence-electron chi connectivity index (χ1n) is 9.41. The summed E-state index contributed by atoms with van der Waals surface area (Å²) < 4.78 is 0. The fourth-order valence-corrected chi connectivity index (χ4v) is 3.83. The van der Waals surface area contributed by atoms with Gasteiger partial charge in [0.05, 0.1) is 12.8 Å². The van der Waals surface area contributed by atoms with E-state index in [1.807, 2.05) is 4.90 Å². The Bertz CT molecular complexity index is 534. The quantitative estimate of drug-likeness (QED) is 0.781. The van der Waals surface area contributed by atoms with E-state index < -0.39 is 0 Å². The van der Waals surface area contributed by atoms with Gasteiger partial charge in [-0.15, -0.1) is 0 Å². The lowest BCUT2D eigenvalue weighted by Gasteiger charge is -2.36. The molecule has 1 aromatic rings. The number of carbonyl (C=O) groups is 1. The van der Waals surface area contributed by atoms with Crippen LogP contribution in [0, 0.1) is 0 Å². The average molecular weight is 347 g/mol. The summed E-state index contributed by atoms with van der Waals surface area (Å²) in [6.07, 6.45) is 10.2. The Morgan fingerprint density at radius 3 is 2.76 bits per heavy atom. The second-order valence-electron chi connectivity index (χ2n) is 6.98. The number of likely N-dealkylation sites (tertiary alicyclic amines) is 2. The van der Waals surface area contributed by atoms with E-state index in [2.05, 4.69) is 20.2 Å². The lowest BCUT2D eigenvalue weighted by molar-refractivity contribution is 0.0691. The van der Waals surface area contributed by atoms with Gasteiger partial charge in [-0.05, 0) is 32.2 Å². The van der Waals surface area contributed by atoms with Gasteiger partial charge in [-0.25, -0.2) is 4.98 Å². The number of aliphatic hydroxyl groups is 1. The van der Waals surface area contributed by atoms with Crippen molar-refractivity contribution in [1.29, 1.82) is 0 Å². The molecule has 3 heterocycles. The van der Waals surface area contributed by atoms with E-state index in [0.29, 0.717) is 17.8 Å². The zero-order chi connectivity index (χ0) is 17.5. The highest BCUT2D eigenvalue weighted by Gasteiger charge is 2.25. The fraction of sp³-hybridized carbons (Fsp3) is 0.722. The van der Waals surface area contributed by atoms with Crippen LogP contribution in [0.3, 0.4) is 0 Å². The molecule has 0 radical (unpaired) electrons. The monoisotopic (exact) mass is 347 g/mol. The van der Waals surface area contributed by atoms with Crippen LogP contribution >= 0.6 is 0 Å². The van der Waals surface area contributed by atoms with Gasteiger partial charge in [-0.3, -0.25) is 14.7 Å². The molecule has 0 saturated carbocycles. The van der Waals surface area contributed by atoms with Gasteiger partial charge in [-0.1, -0.05) is 6.42 Å². The van der Waals surface area contributed by atoms with Gasteiger partial charge >= 0.3 is 0 Å². The molecule has 7 nitrogen and oxygen atoms in total. The summed E-state index contributed by atoms with van der Waals surface area (Å²) in [7, 11) is 0. The van der Waals surface area contributed by atoms with Crippen molar-refractivity contribution in [2.45, 2.75) is 44.2 Å². The molecule has 2 fully saturated rings. The van der Waals surface area contributed by atoms with Gasteiger partial charge in [0.2, 0.25) is 0 Å². The number of hydrogen-bond acceptors (Lipinski definition) is 6. The Morgan fingerprint density at radius 1 is 1.20 bits per heavy atom. The van der Waals surface area contributed by atoms with Gasteiger partial charge < -0.3 is 15.3 Å². The van der Waals surface area contributed by atoms with Crippen molar-refractivity contribution in [2.75, 3.05) is 39.3 Å². The molecule has 1 atom stereocenters. The molecule has 0 aliphatic carbocycles. The van der Waals surface area contributed by atoms with Crippen molar-refractivity contribution in [1.82, 2.24) is 25.1 Å². The first kappa shape index (κ1) is 18.2. The number of piperidine rings is 2. The minimum atomic E-state index is -0.0225. The maximum Gasteiger partial charge on any atom is 0.274 e. The molecule has 2 aliphatic heterocycles. The van der Waals surface area contributed by atoms with Crippen molar-refractivity contribution in [3.05, 3.63) is 24.3 Å². The predicted molar refractivity (Wildman–Crippen MR) is 95.3 cm³/mol. The van der Waals surface area contributed by atoms with Crippen LogP contribution in [0.4, 0.5) is 0 Å². The molecule has 2 N–H and O–H groups in total. The van der Waals surface area contributed by atoms with Crippen LogP contribution in [0.25, 0.3) is 0 Å². The summed E-state index contributed by atoms with van der Waals surface area (Å²) in [6, 6.07) is 0.797. The SMILES string of the molecule is O=C(c1cnccn1)N1CCC(NCCN2CCCCC2CO)CC1. The predicted octanol–water partition coefficient (Wildman–Crippen LogP) is 0.518. The van der Waals surface area contributed by atoms with Crippen LogP contribution in [0.1, 0.15) is 42.6 Å². The van der Waals surface area contributed by atoms with Crippen LogP contribution < -0.4 is 5.32 Å². The van der Waals surface area contributed by atoms with E-state index >= 15 is 0 Å². The lowest BCUT2D eigenvalue weighted by atomic mass is 10.0. The van der Waals surface area contributed by atoms with E-state index in [1.54, 1.807) is 12.4 Å². The molecule has 138 valence electrons. The third kappa shape index (κ3) is 4.96. The molecule has 3 rings (SSSR count). The minimum Gasteiger partial charge on any atom is -0.395 e. The highest BCUT2D eigenvalue weighted by Crippen LogP contribution is 2.16. The van der Waals surface area contributed by atoms with E-state index in [-0.39, 0.29) is 12.5 Å². The summed E-state index contributed by atoms with van der Waals surface area (Å²) in [4.78, 5) is 24.7. The molecule has 2 aliphatic rings. The number of aromatic nitrogens is 2. The summed E-state index contributed by atoms with van der Waals surface area (Å²) in [5.41, 5.74) is 0.425. The van der Waals surface area contributed by atoms with Crippen molar-refractivity contribution >= 4 is 5.91 Å². The Labute approximate surface area is 149 Å². The summed E-state index contributed by atoms with van der Waals surface area (Å²) >= 11 is 0. The van der Waals surface area contributed by atoms with Crippen molar-refractivity contribution in [3.8, 4) is 0 Å². The third-order valence-electron chi connectivity index (χ3n) is 5.36. The van der Waals surface area contributed by atoms with Crippen LogP contribution in [-0.4, -0.2) is 82.2 Å². The van der Waals surface area contributed by atoms with E-state index in [9.17, 15) is 9.90 Å². The number of hydrogen-bond donors (Lipinski definition) is 2. The highest BCUT2D eigenvalue weighted by molar-refractivity contribution is 5.92. The van der Waals surface area contributed by atoms with Crippen LogP contribution in [0.15, 0.2) is 18.6 Å². The Hall–Kier alpha value is -1.57. The van der Waals surface area contributed by atoms with Crippen LogP contribution in [0.5, 0.6) is 0 Å². The van der Waals surface area contributed by atoms with Gasteiger partial charge in [-0.2, -0.15) is 0 Å². The zero-order valence-corrected chi connectivity index (χ0v) is 14.8. The Morgan fingerprint density at radius 2 is 2.04 bits per heavy atom. The summed E-state index contributed by atoms with van der Waals surface area (Å²) in [6.45, 7) is 4.82. The molecule has 0 bridgehead atoms. The largest absolute Gasteiger partial charge is 0.395 e.